The normalized spacial score (nSPS) is 25.5. The number of carbonyl (C=O) groups excluding carboxylic acids is 2. The summed E-state index contributed by atoms with van der Waals surface area (Å²) >= 11 is 0. The van der Waals surface area contributed by atoms with Gasteiger partial charge in [-0.2, -0.15) is 0 Å². The summed E-state index contributed by atoms with van der Waals surface area (Å²) in [6, 6.07) is 27.7. The van der Waals surface area contributed by atoms with E-state index in [1.165, 1.54) is 0 Å². The minimum absolute atomic E-state index is 0.0947. The summed E-state index contributed by atoms with van der Waals surface area (Å²) in [6.45, 7) is 4.19. The van der Waals surface area contributed by atoms with Crippen LogP contribution in [-0.2, 0) is 25.6 Å². The molecule has 3 aromatic rings. The van der Waals surface area contributed by atoms with Crippen LogP contribution in [0, 0.1) is 0 Å². The summed E-state index contributed by atoms with van der Waals surface area (Å²) < 4.78 is 25.4. The van der Waals surface area contributed by atoms with Crippen molar-refractivity contribution in [2.24, 2.45) is 0 Å². The molecule has 0 aliphatic carbocycles. The Hall–Kier alpha value is -3.56. The molecule has 4 atom stereocenters. The summed E-state index contributed by atoms with van der Waals surface area (Å²) in [5.74, 6) is -1.42. The molecule has 2 aliphatic heterocycles. The van der Waals surface area contributed by atoms with E-state index in [1.54, 1.807) is 24.3 Å². The Balaban J connectivity index is 1.37. The number of fused-ring (bicyclic) bond motifs is 1. The average Bonchev–Trinajstić information content (AvgIpc) is 3.38. The zero-order valence-corrected chi connectivity index (χ0v) is 21.5. The first-order valence-electron chi connectivity index (χ1n) is 12.7. The van der Waals surface area contributed by atoms with Crippen molar-refractivity contribution < 1.29 is 28.5 Å². The maximum Gasteiger partial charge on any atom is 0.251 e. The van der Waals surface area contributed by atoms with Crippen molar-refractivity contribution in [3.05, 3.63) is 108 Å². The van der Waals surface area contributed by atoms with Crippen molar-refractivity contribution in [1.82, 2.24) is 10.6 Å². The minimum Gasteiger partial charge on any atom is -0.349 e. The molecule has 8 heteroatoms. The third-order valence-electron chi connectivity index (χ3n) is 6.67. The van der Waals surface area contributed by atoms with E-state index in [0.717, 1.165) is 5.56 Å². The predicted octanol–water partition coefficient (Wildman–Crippen LogP) is 3.68. The lowest BCUT2D eigenvalue weighted by atomic mass is 9.94. The highest BCUT2D eigenvalue weighted by Gasteiger charge is 2.66. The molecule has 2 fully saturated rings. The van der Waals surface area contributed by atoms with Gasteiger partial charge in [-0.1, -0.05) is 66.7 Å². The van der Waals surface area contributed by atoms with Gasteiger partial charge in [-0.3, -0.25) is 9.59 Å². The SMILES string of the molecule is CC1(C)O[C@@H]2[C@@H](CNC(=O)c3ccccc3)O[C@@H](OCc3ccccc3)[C@]2(CNC(=O)c2ccccc2)O1. The topological polar surface area (TPSA) is 95.1 Å². The third-order valence-corrected chi connectivity index (χ3v) is 6.67. The standard InChI is InChI=1S/C30H32N2O6/c1-29(2)37-25-24(18-31-26(33)22-14-8-4-9-15-22)36-28(35-19-21-12-6-3-7-13-21)30(25,38-29)20-32-27(34)23-16-10-5-11-17-23/h3-17,24-25,28H,18-20H2,1-2H3,(H,31,33)(H,32,34)/t24-,25-,28-,30-/m1/s1. The van der Waals surface area contributed by atoms with E-state index in [1.807, 2.05) is 80.6 Å². The Morgan fingerprint density at radius 2 is 1.37 bits per heavy atom. The van der Waals surface area contributed by atoms with Crippen LogP contribution >= 0.6 is 0 Å². The van der Waals surface area contributed by atoms with Crippen LogP contribution in [-0.4, -0.2) is 54.8 Å². The van der Waals surface area contributed by atoms with Gasteiger partial charge in [0.05, 0.1) is 13.2 Å². The van der Waals surface area contributed by atoms with Gasteiger partial charge in [-0.05, 0) is 43.7 Å². The van der Waals surface area contributed by atoms with Crippen molar-refractivity contribution in [1.29, 1.82) is 0 Å². The Morgan fingerprint density at radius 1 is 0.816 bits per heavy atom. The number of hydrogen-bond acceptors (Lipinski definition) is 6. The third kappa shape index (κ3) is 5.63. The number of carbonyl (C=O) groups is 2. The summed E-state index contributed by atoms with van der Waals surface area (Å²) in [7, 11) is 0. The average molecular weight is 517 g/mol. The number of benzene rings is 3. The van der Waals surface area contributed by atoms with Crippen LogP contribution in [0.5, 0.6) is 0 Å². The molecule has 0 bridgehead atoms. The lowest BCUT2D eigenvalue weighted by molar-refractivity contribution is -0.260. The molecule has 0 radical (unpaired) electrons. The highest BCUT2D eigenvalue weighted by atomic mass is 16.8. The highest BCUT2D eigenvalue weighted by molar-refractivity contribution is 5.94. The molecule has 2 aliphatic rings. The molecule has 0 unspecified atom stereocenters. The second kappa shape index (κ2) is 11.0. The Kier molecular flexibility index (Phi) is 7.58. The second-order valence-electron chi connectivity index (χ2n) is 9.92. The number of rotatable bonds is 9. The fraction of sp³-hybridized carbons (Fsp3) is 0.333. The van der Waals surface area contributed by atoms with Gasteiger partial charge in [-0.15, -0.1) is 0 Å². The van der Waals surface area contributed by atoms with E-state index in [2.05, 4.69) is 10.6 Å². The van der Waals surface area contributed by atoms with Gasteiger partial charge in [0.1, 0.15) is 12.2 Å². The zero-order valence-electron chi connectivity index (χ0n) is 21.5. The van der Waals surface area contributed by atoms with Gasteiger partial charge >= 0.3 is 0 Å². The first-order chi connectivity index (χ1) is 18.4. The monoisotopic (exact) mass is 516 g/mol. The minimum atomic E-state index is -1.13. The molecule has 2 saturated heterocycles. The molecule has 0 spiro atoms. The molecule has 0 saturated carbocycles. The number of hydrogen-bond donors (Lipinski definition) is 2. The fourth-order valence-corrected chi connectivity index (χ4v) is 4.96. The van der Waals surface area contributed by atoms with Crippen LogP contribution in [0.2, 0.25) is 0 Å². The van der Waals surface area contributed by atoms with E-state index >= 15 is 0 Å². The Labute approximate surface area is 222 Å². The van der Waals surface area contributed by atoms with Gasteiger partial charge in [0.15, 0.2) is 17.7 Å². The fourth-order valence-electron chi connectivity index (χ4n) is 4.96. The summed E-state index contributed by atoms with van der Waals surface area (Å²) in [5.41, 5.74) is 0.916. The molecule has 0 aromatic heterocycles. The summed E-state index contributed by atoms with van der Waals surface area (Å²) in [5, 5.41) is 5.93. The van der Waals surface area contributed by atoms with E-state index < -0.39 is 29.9 Å². The van der Waals surface area contributed by atoms with E-state index in [0.29, 0.717) is 11.1 Å². The van der Waals surface area contributed by atoms with Crippen LogP contribution in [0.25, 0.3) is 0 Å². The molecular formula is C30H32N2O6. The van der Waals surface area contributed by atoms with Gasteiger partial charge in [0, 0.05) is 17.7 Å². The molecule has 38 heavy (non-hydrogen) atoms. The van der Waals surface area contributed by atoms with Crippen LogP contribution in [0.15, 0.2) is 91.0 Å². The smallest absolute Gasteiger partial charge is 0.251 e. The Bertz CT molecular complexity index is 1240. The van der Waals surface area contributed by atoms with Crippen molar-refractivity contribution >= 4 is 11.8 Å². The van der Waals surface area contributed by atoms with Crippen molar-refractivity contribution in [3.63, 3.8) is 0 Å². The van der Waals surface area contributed by atoms with Crippen LogP contribution in [0.4, 0.5) is 0 Å². The lowest BCUT2D eigenvalue weighted by Crippen LogP contribution is -2.56. The van der Waals surface area contributed by atoms with Gasteiger partial charge < -0.3 is 29.6 Å². The van der Waals surface area contributed by atoms with Gasteiger partial charge in [0.2, 0.25) is 0 Å². The van der Waals surface area contributed by atoms with Gasteiger partial charge in [0.25, 0.3) is 11.8 Å². The first-order valence-corrected chi connectivity index (χ1v) is 12.7. The van der Waals surface area contributed by atoms with E-state index in [-0.39, 0.29) is 31.5 Å². The molecule has 2 heterocycles. The first kappa shape index (κ1) is 26.1. The van der Waals surface area contributed by atoms with E-state index in [4.69, 9.17) is 18.9 Å². The molecule has 3 aromatic carbocycles. The summed E-state index contributed by atoms with van der Waals surface area (Å²) in [4.78, 5) is 25.7. The molecule has 2 N–H and O–H groups in total. The number of amides is 2. The van der Waals surface area contributed by atoms with Crippen LogP contribution in [0.1, 0.15) is 40.1 Å². The largest absolute Gasteiger partial charge is 0.349 e. The van der Waals surface area contributed by atoms with Crippen LogP contribution < -0.4 is 10.6 Å². The van der Waals surface area contributed by atoms with E-state index in [9.17, 15) is 9.59 Å². The van der Waals surface area contributed by atoms with Crippen molar-refractivity contribution in [3.8, 4) is 0 Å². The lowest BCUT2D eigenvalue weighted by Gasteiger charge is -2.33. The van der Waals surface area contributed by atoms with Crippen molar-refractivity contribution in [2.45, 2.75) is 50.3 Å². The number of nitrogens with one attached hydrogen (secondary N) is 2. The second-order valence-corrected chi connectivity index (χ2v) is 9.92. The molecule has 2 amide bonds. The quantitative estimate of drug-likeness (QED) is 0.451. The molecule has 8 nitrogen and oxygen atoms in total. The maximum absolute atomic E-state index is 12.9. The van der Waals surface area contributed by atoms with Gasteiger partial charge in [-0.25, -0.2) is 0 Å². The van der Waals surface area contributed by atoms with Crippen LogP contribution in [0.3, 0.4) is 0 Å². The highest BCUT2D eigenvalue weighted by Crippen LogP contribution is 2.47. The molecule has 198 valence electrons. The predicted molar refractivity (Wildman–Crippen MR) is 140 cm³/mol. The molecule has 5 rings (SSSR count). The van der Waals surface area contributed by atoms with Crippen molar-refractivity contribution in [2.75, 3.05) is 13.1 Å². The molecular weight excluding hydrogens is 484 g/mol. The summed E-state index contributed by atoms with van der Waals surface area (Å²) in [6.07, 6.45) is -2.03. The maximum atomic E-state index is 12.9. The zero-order chi connectivity index (χ0) is 26.6. The number of ether oxygens (including phenoxy) is 4. The Morgan fingerprint density at radius 3 is 1.97 bits per heavy atom.